The average molecular weight is 227 g/mol. The number of aromatic nitrogens is 1. The topological polar surface area (TPSA) is 50.9 Å². The minimum atomic E-state index is 0.197. The van der Waals surface area contributed by atoms with Gasteiger partial charge in [0.1, 0.15) is 0 Å². The number of nitrogens with two attached hydrogens (primary N) is 1. The molecule has 1 atom stereocenters. The maximum Gasteiger partial charge on any atom is 0.0795 e. The highest BCUT2D eigenvalue weighted by Crippen LogP contribution is 2.19. The molecule has 0 aliphatic rings. The van der Waals surface area contributed by atoms with Crippen LogP contribution < -0.4 is 11.1 Å². The van der Waals surface area contributed by atoms with Gasteiger partial charge in [0, 0.05) is 18.0 Å². The average Bonchev–Trinajstić information content (AvgIpc) is 2.63. The Morgan fingerprint density at radius 2 is 2.27 bits per heavy atom. The van der Waals surface area contributed by atoms with Crippen molar-refractivity contribution < 1.29 is 0 Å². The monoisotopic (exact) mass is 227 g/mol. The zero-order chi connectivity index (χ0) is 11.3. The van der Waals surface area contributed by atoms with Gasteiger partial charge in [-0.2, -0.15) is 0 Å². The molecule has 0 bridgehead atoms. The van der Waals surface area contributed by atoms with Gasteiger partial charge < -0.3 is 11.1 Å². The molecule has 0 spiro atoms. The molecule has 0 aliphatic carbocycles. The van der Waals surface area contributed by atoms with Crippen LogP contribution in [0.2, 0.25) is 0 Å². The van der Waals surface area contributed by atoms with Crippen LogP contribution in [0.3, 0.4) is 0 Å². The van der Waals surface area contributed by atoms with Crippen molar-refractivity contribution in [3.05, 3.63) is 16.6 Å². The highest BCUT2D eigenvalue weighted by molar-refractivity contribution is 7.07. The van der Waals surface area contributed by atoms with Crippen LogP contribution in [0.1, 0.15) is 32.9 Å². The van der Waals surface area contributed by atoms with Crippen molar-refractivity contribution >= 4 is 11.3 Å². The van der Waals surface area contributed by atoms with Crippen molar-refractivity contribution in [1.29, 1.82) is 0 Å². The van der Waals surface area contributed by atoms with Crippen molar-refractivity contribution in [2.24, 2.45) is 11.1 Å². The summed E-state index contributed by atoms with van der Waals surface area (Å²) >= 11 is 1.63. The molecule has 0 fully saturated rings. The van der Waals surface area contributed by atoms with E-state index in [9.17, 15) is 0 Å². The maximum absolute atomic E-state index is 6.06. The first-order chi connectivity index (χ1) is 7.00. The van der Waals surface area contributed by atoms with Crippen molar-refractivity contribution in [2.45, 2.75) is 39.8 Å². The van der Waals surface area contributed by atoms with Crippen LogP contribution in [-0.4, -0.2) is 17.6 Å². The Labute approximate surface area is 96.1 Å². The van der Waals surface area contributed by atoms with Gasteiger partial charge in [-0.3, -0.25) is 0 Å². The fourth-order valence-electron chi connectivity index (χ4n) is 1.23. The summed E-state index contributed by atoms with van der Waals surface area (Å²) in [6.45, 7) is 8.34. The Morgan fingerprint density at radius 3 is 2.80 bits per heavy atom. The lowest BCUT2D eigenvalue weighted by molar-refractivity contribution is 0.302. The predicted octanol–water partition coefficient (Wildman–Crippen LogP) is 2.00. The van der Waals surface area contributed by atoms with Gasteiger partial charge in [0.15, 0.2) is 0 Å². The maximum atomic E-state index is 6.06. The van der Waals surface area contributed by atoms with Crippen molar-refractivity contribution in [1.82, 2.24) is 10.3 Å². The number of hydrogen-bond acceptors (Lipinski definition) is 4. The normalized spacial score (nSPS) is 14.1. The van der Waals surface area contributed by atoms with Crippen molar-refractivity contribution in [2.75, 3.05) is 6.54 Å². The molecule has 4 heteroatoms. The number of nitrogens with zero attached hydrogens (tertiary/aromatic N) is 1. The van der Waals surface area contributed by atoms with Crippen LogP contribution in [-0.2, 0) is 6.54 Å². The third kappa shape index (κ3) is 4.73. The smallest absolute Gasteiger partial charge is 0.0795 e. The molecule has 1 aromatic rings. The summed E-state index contributed by atoms with van der Waals surface area (Å²) < 4.78 is 0. The highest BCUT2D eigenvalue weighted by atomic mass is 32.1. The first-order valence-corrected chi connectivity index (χ1v) is 6.28. The first kappa shape index (κ1) is 12.6. The SMILES string of the molecule is CC(C)(C)C(N)CCNCc1cscn1. The molecule has 3 nitrogen and oxygen atoms in total. The van der Waals surface area contributed by atoms with Crippen LogP contribution in [0.15, 0.2) is 10.9 Å². The molecule has 0 saturated heterocycles. The summed E-state index contributed by atoms with van der Waals surface area (Å²) in [5.74, 6) is 0. The molecule has 0 radical (unpaired) electrons. The van der Waals surface area contributed by atoms with Crippen molar-refractivity contribution in [3.8, 4) is 0 Å². The van der Waals surface area contributed by atoms with Crippen LogP contribution in [0.4, 0.5) is 0 Å². The van der Waals surface area contributed by atoms with E-state index in [1.54, 1.807) is 11.3 Å². The van der Waals surface area contributed by atoms with E-state index in [2.05, 4.69) is 36.5 Å². The lowest BCUT2D eigenvalue weighted by atomic mass is 9.85. The number of nitrogens with one attached hydrogen (secondary N) is 1. The lowest BCUT2D eigenvalue weighted by Crippen LogP contribution is -2.37. The zero-order valence-corrected chi connectivity index (χ0v) is 10.6. The van der Waals surface area contributed by atoms with E-state index in [1.807, 2.05) is 5.51 Å². The molecule has 1 aromatic heterocycles. The van der Waals surface area contributed by atoms with Crippen LogP contribution in [0, 0.1) is 5.41 Å². The Morgan fingerprint density at radius 1 is 1.53 bits per heavy atom. The molecule has 3 N–H and O–H groups in total. The molecular weight excluding hydrogens is 206 g/mol. The Bertz CT molecular complexity index is 264. The second-order valence-corrected chi connectivity index (χ2v) is 5.64. The van der Waals surface area contributed by atoms with Crippen molar-refractivity contribution in [3.63, 3.8) is 0 Å². The van der Waals surface area contributed by atoms with E-state index in [1.165, 1.54) is 0 Å². The molecule has 86 valence electrons. The highest BCUT2D eigenvalue weighted by Gasteiger charge is 2.19. The van der Waals surface area contributed by atoms with Gasteiger partial charge in [-0.15, -0.1) is 11.3 Å². The number of hydrogen-bond donors (Lipinski definition) is 2. The minimum Gasteiger partial charge on any atom is -0.327 e. The first-order valence-electron chi connectivity index (χ1n) is 5.33. The Kier molecular flexibility index (Phi) is 4.70. The van der Waals surface area contributed by atoms with Gasteiger partial charge in [-0.05, 0) is 18.4 Å². The summed E-state index contributed by atoms with van der Waals surface area (Å²) in [4.78, 5) is 4.21. The van der Waals surface area contributed by atoms with Gasteiger partial charge in [-0.25, -0.2) is 4.98 Å². The zero-order valence-electron chi connectivity index (χ0n) is 9.79. The summed E-state index contributed by atoms with van der Waals surface area (Å²) in [5, 5.41) is 5.42. The van der Waals surface area contributed by atoms with E-state index in [-0.39, 0.29) is 11.5 Å². The van der Waals surface area contributed by atoms with E-state index < -0.39 is 0 Å². The summed E-state index contributed by atoms with van der Waals surface area (Å²) in [6, 6.07) is 0.250. The van der Waals surface area contributed by atoms with Crippen LogP contribution in [0.25, 0.3) is 0 Å². The van der Waals surface area contributed by atoms with Gasteiger partial charge in [0.2, 0.25) is 0 Å². The van der Waals surface area contributed by atoms with E-state index in [0.29, 0.717) is 0 Å². The summed E-state index contributed by atoms with van der Waals surface area (Å²) in [5.41, 5.74) is 9.23. The molecule has 0 saturated carbocycles. The molecule has 0 aromatic carbocycles. The molecular formula is C11H21N3S. The van der Waals surface area contributed by atoms with E-state index >= 15 is 0 Å². The van der Waals surface area contributed by atoms with Gasteiger partial charge in [0.25, 0.3) is 0 Å². The van der Waals surface area contributed by atoms with E-state index in [0.717, 1.165) is 25.2 Å². The number of rotatable bonds is 5. The summed E-state index contributed by atoms with van der Waals surface area (Å²) in [7, 11) is 0. The molecule has 0 aliphatic heterocycles. The van der Waals surface area contributed by atoms with Crippen LogP contribution in [0.5, 0.6) is 0 Å². The number of thiazole rings is 1. The van der Waals surface area contributed by atoms with Gasteiger partial charge in [-0.1, -0.05) is 20.8 Å². The van der Waals surface area contributed by atoms with Gasteiger partial charge >= 0.3 is 0 Å². The standard InChI is InChI=1S/C11H21N3S/c1-11(2,3)10(12)4-5-13-6-9-7-15-8-14-9/h7-8,10,13H,4-6,12H2,1-3H3. The predicted molar refractivity (Wildman–Crippen MR) is 65.9 cm³/mol. The summed E-state index contributed by atoms with van der Waals surface area (Å²) in [6.07, 6.45) is 1.01. The fraction of sp³-hybridized carbons (Fsp3) is 0.727. The quantitative estimate of drug-likeness (QED) is 0.756. The molecule has 0 amide bonds. The van der Waals surface area contributed by atoms with Gasteiger partial charge in [0.05, 0.1) is 11.2 Å². The second-order valence-electron chi connectivity index (χ2n) is 4.92. The largest absolute Gasteiger partial charge is 0.327 e. The minimum absolute atomic E-state index is 0.197. The Balaban J connectivity index is 2.12. The molecule has 15 heavy (non-hydrogen) atoms. The molecule has 1 rings (SSSR count). The third-order valence-corrected chi connectivity index (χ3v) is 3.17. The van der Waals surface area contributed by atoms with Crippen LogP contribution >= 0.6 is 11.3 Å². The second kappa shape index (κ2) is 5.58. The Hall–Kier alpha value is -0.450. The molecule has 1 heterocycles. The molecule has 1 unspecified atom stereocenters. The lowest BCUT2D eigenvalue weighted by Gasteiger charge is -2.26. The van der Waals surface area contributed by atoms with E-state index in [4.69, 9.17) is 5.73 Å². The third-order valence-electron chi connectivity index (χ3n) is 2.53. The fourth-order valence-corrected chi connectivity index (χ4v) is 1.79.